The highest BCUT2D eigenvalue weighted by atomic mass is 32.2. The minimum atomic E-state index is -2.87. The van der Waals surface area contributed by atoms with Gasteiger partial charge in [-0.05, 0) is 13.3 Å². The lowest BCUT2D eigenvalue weighted by Gasteiger charge is -2.22. The normalized spacial score (nSPS) is 24.8. The summed E-state index contributed by atoms with van der Waals surface area (Å²) in [6.45, 7) is 1.67. The molecule has 1 aliphatic rings. The minimum absolute atomic E-state index is 0.00741. The number of thiazole rings is 1. The maximum atomic E-state index is 11.4. The molecule has 0 radical (unpaired) electrons. The van der Waals surface area contributed by atoms with Crippen molar-refractivity contribution >= 4 is 26.3 Å². The number of aromatic nitrogens is 1. The summed E-state index contributed by atoms with van der Waals surface area (Å²) < 4.78 is 22.8. The van der Waals surface area contributed by atoms with Crippen LogP contribution in [0.15, 0.2) is 5.38 Å². The molecule has 17 heavy (non-hydrogen) atoms. The van der Waals surface area contributed by atoms with Crippen molar-refractivity contribution in [2.45, 2.75) is 25.5 Å². The van der Waals surface area contributed by atoms with Gasteiger partial charge in [0.15, 0.2) is 15.0 Å². The van der Waals surface area contributed by atoms with Gasteiger partial charge in [-0.25, -0.2) is 13.4 Å². The number of aliphatic hydroxyl groups excluding tert-OH is 1. The molecule has 0 bridgehead atoms. The Morgan fingerprint density at radius 3 is 2.82 bits per heavy atom. The first-order valence-electron chi connectivity index (χ1n) is 5.46. The Morgan fingerprint density at radius 1 is 1.65 bits per heavy atom. The Labute approximate surface area is 105 Å². The average Bonchev–Trinajstić information content (AvgIpc) is 2.83. The molecule has 1 saturated heterocycles. The van der Waals surface area contributed by atoms with Crippen LogP contribution in [-0.2, 0) is 9.84 Å². The van der Waals surface area contributed by atoms with Gasteiger partial charge < -0.3 is 10.0 Å². The van der Waals surface area contributed by atoms with Gasteiger partial charge >= 0.3 is 0 Å². The van der Waals surface area contributed by atoms with Crippen LogP contribution in [0.3, 0.4) is 0 Å². The van der Waals surface area contributed by atoms with Crippen LogP contribution in [0.2, 0.25) is 0 Å². The van der Waals surface area contributed by atoms with E-state index in [0.29, 0.717) is 12.1 Å². The molecule has 5 nitrogen and oxygen atoms in total. The third kappa shape index (κ3) is 2.78. The second-order valence-electron chi connectivity index (χ2n) is 4.40. The van der Waals surface area contributed by atoms with Gasteiger partial charge in [0.25, 0.3) is 0 Å². The van der Waals surface area contributed by atoms with Crippen LogP contribution in [0.1, 0.15) is 25.1 Å². The van der Waals surface area contributed by atoms with E-state index in [1.165, 1.54) is 11.3 Å². The van der Waals surface area contributed by atoms with E-state index in [1.807, 2.05) is 11.9 Å². The predicted octanol–water partition coefficient (Wildman–Crippen LogP) is 0.820. The third-order valence-electron chi connectivity index (χ3n) is 3.00. The van der Waals surface area contributed by atoms with Gasteiger partial charge in [-0.15, -0.1) is 11.3 Å². The second kappa shape index (κ2) is 4.55. The molecule has 0 aromatic carbocycles. The molecule has 0 aliphatic carbocycles. The van der Waals surface area contributed by atoms with Crippen molar-refractivity contribution in [3.63, 3.8) is 0 Å². The fourth-order valence-corrected chi connectivity index (χ4v) is 4.59. The van der Waals surface area contributed by atoms with E-state index in [2.05, 4.69) is 4.98 Å². The van der Waals surface area contributed by atoms with E-state index in [4.69, 9.17) is 0 Å². The topological polar surface area (TPSA) is 70.5 Å². The van der Waals surface area contributed by atoms with Crippen LogP contribution in [0.5, 0.6) is 0 Å². The van der Waals surface area contributed by atoms with Crippen LogP contribution in [0.4, 0.5) is 5.13 Å². The molecule has 1 aromatic rings. The Bertz CT molecular complexity index is 495. The molecule has 2 heterocycles. The van der Waals surface area contributed by atoms with Crippen molar-refractivity contribution < 1.29 is 13.5 Å². The second-order valence-corrected chi connectivity index (χ2v) is 7.46. The summed E-state index contributed by atoms with van der Waals surface area (Å²) in [5.74, 6) is 0.462. The minimum Gasteiger partial charge on any atom is -0.387 e. The Morgan fingerprint density at radius 2 is 2.35 bits per heavy atom. The van der Waals surface area contributed by atoms with Gasteiger partial charge in [0, 0.05) is 18.5 Å². The van der Waals surface area contributed by atoms with Crippen LogP contribution < -0.4 is 4.90 Å². The van der Waals surface area contributed by atoms with Crippen molar-refractivity contribution in [2.24, 2.45) is 0 Å². The molecule has 1 aliphatic heterocycles. The highest BCUT2D eigenvalue weighted by Gasteiger charge is 2.31. The molecule has 0 amide bonds. The van der Waals surface area contributed by atoms with Crippen LogP contribution in [0, 0.1) is 0 Å². The van der Waals surface area contributed by atoms with E-state index in [9.17, 15) is 13.5 Å². The smallest absolute Gasteiger partial charge is 0.185 e. The number of hydrogen-bond acceptors (Lipinski definition) is 6. The maximum Gasteiger partial charge on any atom is 0.185 e. The van der Waals surface area contributed by atoms with Gasteiger partial charge in [-0.3, -0.25) is 0 Å². The lowest BCUT2D eigenvalue weighted by molar-refractivity contribution is 0.195. The van der Waals surface area contributed by atoms with Crippen molar-refractivity contribution in [2.75, 3.05) is 23.5 Å². The fourth-order valence-electron chi connectivity index (χ4n) is 1.87. The van der Waals surface area contributed by atoms with Gasteiger partial charge in [-0.1, -0.05) is 0 Å². The van der Waals surface area contributed by atoms with Crippen LogP contribution >= 0.6 is 11.3 Å². The molecule has 2 unspecified atom stereocenters. The first-order chi connectivity index (χ1) is 7.89. The number of sulfone groups is 1. The van der Waals surface area contributed by atoms with E-state index in [1.54, 1.807) is 12.3 Å². The lowest BCUT2D eigenvalue weighted by atomic mass is 10.2. The number of hydrogen-bond donors (Lipinski definition) is 1. The molecule has 7 heteroatoms. The zero-order chi connectivity index (χ0) is 12.6. The lowest BCUT2D eigenvalue weighted by Crippen LogP contribution is -2.32. The predicted molar refractivity (Wildman–Crippen MR) is 68.2 cm³/mol. The summed E-state index contributed by atoms with van der Waals surface area (Å²) in [5.41, 5.74) is 0.637. The third-order valence-corrected chi connectivity index (χ3v) is 5.70. The van der Waals surface area contributed by atoms with Gasteiger partial charge in [0.2, 0.25) is 0 Å². The first kappa shape index (κ1) is 12.8. The Kier molecular flexibility index (Phi) is 3.42. The molecule has 1 aromatic heterocycles. The van der Waals surface area contributed by atoms with E-state index in [0.717, 1.165) is 5.13 Å². The fraction of sp³-hybridized carbons (Fsp3) is 0.700. The molecule has 0 saturated carbocycles. The summed E-state index contributed by atoms with van der Waals surface area (Å²) in [6, 6.07) is 0.00741. The summed E-state index contributed by atoms with van der Waals surface area (Å²) in [6.07, 6.45) is 0.0725. The summed E-state index contributed by atoms with van der Waals surface area (Å²) in [5, 5.41) is 12.0. The summed E-state index contributed by atoms with van der Waals surface area (Å²) in [4.78, 5) is 6.21. The Hall–Kier alpha value is -0.660. The molecular formula is C10H16N2O3S2. The van der Waals surface area contributed by atoms with Crippen molar-refractivity contribution in [3.05, 3.63) is 11.1 Å². The van der Waals surface area contributed by atoms with E-state index >= 15 is 0 Å². The standard InChI is InChI=1S/C10H16N2O3S2/c1-7(13)9-5-16-10(11-9)12(2)8-3-4-17(14,15)6-8/h5,7-8,13H,3-4,6H2,1-2H3. The summed E-state index contributed by atoms with van der Waals surface area (Å²) >= 11 is 1.43. The monoisotopic (exact) mass is 276 g/mol. The van der Waals surface area contributed by atoms with Crippen molar-refractivity contribution in [1.82, 2.24) is 4.98 Å². The van der Waals surface area contributed by atoms with Gasteiger partial charge in [0.1, 0.15) is 0 Å². The Balaban J connectivity index is 2.12. The van der Waals surface area contributed by atoms with Crippen molar-refractivity contribution in [1.29, 1.82) is 0 Å². The number of rotatable bonds is 3. The van der Waals surface area contributed by atoms with Crippen molar-refractivity contribution in [3.8, 4) is 0 Å². The SMILES string of the molecule is CC(O)c1csc(N(C)C2CCS(=O)(=O)C2)n1. The largest absolute Gasteiger partial charge is 0.387 e. The highest BCUT2D eigenvalue weighted by molar-refractivity contribution is 7.91. The number of aliphatic hydroxyl groups is 1. The van der Waals surface area contributed by atoms with E-state index < -0.39 is 15.9 Å². The summed E-state index contributed by atoms with van der Waals surface area (Å²) in [7, 11) is -1.01. The first-order valence-corrected chi connectivity index (χ1v) is 8.16. The average molecular weight is 276 g/mol. The van der Waals surface area contributed by atoms with Crippen LogP contribution in [0.25, 0.3) is 0 Å². The molecule has 0 spiro atoms. The molecule has 2 rings (SSSR count). The molecule has 1 N–H and O–H groups in total. The quantitative estimate of drug-likeness (QED) is 0.885. The highest BCUT2D eigenvalue weighted by Crippen LogP contribution is 2.27. The molecular weight excluding hydrogens is 260 g/mol. The molecule has 1 fully saturated rings. The van der Waals surface area contributed by atoms with Gasteiger partial charge in [0.05, 0.1) is 23.3 Å². The van der Waals surface area contributed by atoms with Gasteiger partial charge in [-0.2, -0.15) is 0 Å². The molecule has 2 atom stereocenters. The maximum absolute atomic E-state index is 11.4. The molecule has 96 valence electrons. The number of anilines is 1. The van der Waals surface area contributed by atoms with Crippen LogP contribution in [-0.4, -0.2) is 43.1 Å². The zero-order valence-electron chi connectivity index (χ0n) is 9.83. The zero-order valence-corrected chi connectivity index (χ0v) is 11.5. The van der Waals surface area contributed by atoms with E-state index in [-0.39, 0.29) is 17.5 Å². The number of nitrogens with zero attached hydrogens (tertiary/aromatic N) is 2.